The van der Waals surface area contributed by atoms with Gasteiger partial charge in [0.2, 0.25) is 5.91 Å². The zero-order valence-electron chi connectivity index (χ0n) is 23.3. The molecule has 3 aromatic rings. The average Bonchev–Trinajstić information content (AvgIpc) is 3.47. The lowest BCUT2D eigenvalue weighted by Crippen LogP contribution is -2.49. The first-order chi connectivity index (χ1) is 19.4. The molecule has 3 heterocycles. The van der Waals surface area contributed by atoms with Gasteiger partial charge in [0.05, 0.1) is 17.5 Å². The molecular weight excluding hydrogens is 511 g/mol. The Morgan fingerprint density at radius 3 is 2.65 bits per heavy atom. The van der Waals surface area contributed by atoms with Gasteiger partial charge in [-0.25, -0.2) is 9.18 Å². The fraction of sp³-hybridized carbons (Fsp3) is 0.484. The van der Waals surface area contributed by atoms with Crippen molar-refractivity contribution < 1.29 is 23.8 Å². The summed E-state index contributed by atoms with van der Waals surface area (Å²) in [7, 11) is 1.67. The molecule has 0 bridgehead atoms. The van der Waals surface area contributed by atoms with Gasteiger partial charge in [0, 0.05) is 70.0 Å². The van der Waals surface area contributed by atoms with E-state index in [1.54, 1.807) is 13.2 Å². The molecule has 0 radical (unpaired) electrons. The maximum atomic E-state index is 15.1. The molecule has 9 heteroatoms. The molecular formula is C31H39FN4O4. The van der Waals surface area contributed by atoms with E-state index in [1.165, 1.54) is 6.07 Å². The number of halogens is 1. The van der Waals surface area contributed by atoms with Crippen LogP contribution in [0.15, 0.2) is 48.5 Å². The highest BCUT2D eigenvalue weighted by Crippen LogP contribution is 2.37. The number of methoxy groups -OCH3 is 1. The summed E-state index contributed by atoms with van der Waals surface area (Å²) in [5, 5.41) is 13.0. The highest BCUT2D eigenvalue weighted by molar-refractivity contribution is 5.86. The number of aromatic nitrogens is 1. The summed E-state index contributed by atoms with van der Waals surface area (Å²) in [5.41, 5.74) is 3.90. The van der Waals surface area contributed by atoms with Crippen molar-refractivity contribution in [2.24, 2.45) is 5.92 Å². The van der Waals surface area contributed by atoms with Gasteiger partial charge in [-0.2, -0.15) is 0 Å². The van der Waals surface area contributed by atoms with E-state index in [4.69, 9.17) is 4.74 Å². The van der Waals surface area contributed by atoms with E-state index in [-0.39, 0.29) is 17.6 Å². The molecule has 2 aliphatic rings. The normalized spacial score (nSPS) is 21.7. The van der Waals surface area contributed by atoms with Crippen LogP contribution in [0.5, 0.6) is 0 Å². The first-order valence-corrected chi connectivity index (χ1v) is 14.2. The number of hydrogen-bond donors (Lipinski definition) is 2. The number of rotatable bonds is 9. The zero-order valence-corrected chi connectivity index (χ0v) is 23.3. The number of carboxylic acid groups (broad SMARTS) is 1. The first-order valence-electron chi connectivity index (χ1n) is 14.2. The van der Waals surface area contributed by atoms with Crippen molar-refractivity contribution in [2.45, 2.75) is 51.2 Å². The highest BCUT2D eigenvalue weighted by Gasteiger charge is 2.42. The number of carbonyl (C=O) groups is 2. The summed E-state index contributed by atoms with van der Waals surface area (Å²) in [5.74, 6) is -0.630. The number of aryl methyl sites for hydroxylation is 2. The fourth-order valence-electron chi connectivity index (χ4n) is 6.73. The van der Waals surface area contributed by atoms with E-state index in [1.807, 2.05) is 41.3 Å². The smallest absolute Gasteiger partial charge is 0.404 e. The van der Waals surface area contributed by atoms with E-state index in [9.17, 15) is 14.7 Å². The van der Waals surface area contributed by atoms with Gasteiger partial charge in [0.1, 0.15) is 5.82 Å². The molecule has 8 nitrogen and oxygen atoms in total. The quantitative estimate of drug-likeness (QED) is 0.381. The Hall–Kier alpha value is -3.43. The van der Waals surface area contributed by atoms with E-state index in [0.29, 0.717) is 51.4 Å². The first kappa shape index (κ1) is 28.1. The molecule has 2 saturated heterocycles. The SMILES string of the molecule is COCCCn1c(C2CCCN(C(=O)[C@H]3CN(Cc4ccccc4)C[C@H]3NC(=O)O)C2)c(C)c2cccc(F)c21. The Morgan fingerprint density at radius 1 is 1.10 bits per heavy atom. The zero-order chi connectivity index (χ0) is 28.2. The predicted molar refractivity (Wildman–Crippen MR) is 152 cm³/mol. The Kier molecular flexibility index (Phi) is 8.71. The van der Waals surface area contributed by atoms with Gasteiger partial charge < -0.3 is 24.6 Å². The molecule has 0 spiro atoms. The number of hydrogen-bond acceptors (Lipinski definition) is 4. The van der Waals surface area contributed by atoms with Crippen LogP contribution < -0.4 is 5.32 Å². The number of nitrogens with one attached hydrogen (secondary N) is 1. The molecule has 1 unspecified atom stereocenters. The van der Waals surface area contributed by atoms with E-state index in [2.05, 4.69) is 21.7 Å². The lowest BCUT2D eigenvalue weighted by molar-refractivity contribution is -0.136. The van der Waals surface area contributed by atoms with Gasteiger partial charge in [-0.05, 0) is 43.4 Å². The summed E-state index contributed by atoms with van der Waals surface area (Å²) < 4.78 is 22.5. The standard InChI is InChI=1S/C31H39FN4O4/c1-21-24-12-6-13-26(32)29(24)36(15-8-16-40-2)28(21)23-11-7-14-35(18-23)30(37)25-19-34(20-27(25)33-31(38)39)17-22-9-4-3-5-10-22/h3-6,9-10,12-13,23,25,27,33H,7-8,11,14-20H2,1-2H3,(H,38,39)/t23?,25-,27+/m0/s1. The molecule has 2 amide bonds. The number of carbonyl (C=O) groups excluding carboxylic acids is 1. The summed E-state index contributed by atoms with van der Waals surface area (Å²) in [6.07, 6.45) is 1.40. The number of nitrogens with zero attached hydrogens (tertiary/aromatic N) is 3. The molecule has 0 aliphatic carbocycles. The molecule has 2 N–H and O–H groups in total. The molecule has 2 fully saturated rings. The van der Waals surface area contributed by atoms with Crippen LogP contribution in [0.1, 0.15) is 42.0 Å². The maximum Gasteiger partial charge on any atom is 0.404 e. The second kappa shape index (κ2) is 12.4. The van der Waals surface area contributed by atoms with Crippen LogP contribution in [-0.2, 0) is 22.6 Å². The van der Waals surface area contributed by atoms with Gasteiger partial charge in [-0.3, -0.25) is 9.69 Å². The van der Waals surface area contributed by atoms with Gasteiger partial charge >= 0.3 is 6.09 Å². The van der Waals surface area contributed by atoms with Crippen LogP contribution in [0.25, 0.3) is 10.9 Å². The van der Waals surface area contributed by atoms with Crippen LogP contribution in [0.2, 0.25) is 0 Å². The number of para-hydroxylation sites is 1. The third kappa shape index (κ3) is 5.86. The molecule has 5 rings (SSSR count). The number of likely N-dealkylation sites (tertiary alicyclic amines) is 2. The lowest BCUT2D eigenvalue weighted by Gasteiger charge is -2.36. The monoisotopic (exact) mass is 550 g/mol. The van der Waals surface area contributed by atoms with Gasteiger partial charge in [0.25, 0.3) is 0 Å². The molecule has 214 valence electrons. The topological polar surface area (TPSA) is 87.0 Å². The van der Waals surface area contributed by atoms with Crippen molar-refractivity contribution in [1.82, 2.24) is 19.7 Å². The molecule has 2 aromatic carbocycles. The Bertz CT molecular complexity index is 1340. The van der Waals surface area contributed by atoms with Crippen molar-refractivity contribution in [3.05, 3.63) is 71.2 Å². The number of fused-ring (bicyclic) bond motifs is 1. The Balaban J connectivity index is 1.38. The van der Waals surface area contributed by atoms with Crippen molar-refractivity contribution in [1.29, 1.82) is 0 Å². The molecule has 3 atom stereocenters. The van der Waals surface area contributed by atoms with E-state index < -0.39 is 18.1 Å². The van der Waals surface area contributed by atoms with Crippen LogP contribution in [0, 0.1) is 18.7 Å². The van der Waals surface area contributed by atoms with Crippen molar-refractivity contribution in [2.75, 3.05) is 39.9 Å². The van der Waals surface area contributed by atoms with E-state index >= 15 is 4.39 Å². The fourth-order valence-corrected chi connectivity index (χ4v) is 6.73. The van der Waals surface area contributed by atoms with E-state index in [0.717, 1.165) is 41.5 Å². The summed E-state index contributed by atoms with van der Waals surface area (Å²) >= 11 is 0. The molecule has 2 aliphatic heterocycles. The minimum absolute atomic E-state index is 0.00936. The van der Waals surface area contributed by atoms with Crippen molar-refractivity contribution in [3.8, 4) is 0 Å². The summed E-state index contributed by atoms with van der Waals surface area (Å²) in [6.45, 7) is 6.11. The largest absolute Gasteiger partial charge is 0.465 e. The van der Waals surface area contributed by atoms with Crippen molar-refractivity contribution >= 4 is 22.9 Å². The molecule has 40 heavy (non-hydrogen) atoms. The lowest BCUT2D eigenvalue weighted by atomic mass is 9.90. The predicted octanol–water partition coefficient (Wildman–Crippen LogP) is 4.60. The van der Waals surface area contributed by atoms with Gasteiger partial charge in [-0.15, -0.1) is 0 Å². The molecule has 1 aromatic heterocycles. The number of piperidine rings is 1. The second-order valence-electron chi connectivity index (χ2n) is 11.1. The third-order valence-electron chi connectivity index (χ3n) is 8.46. The number of amides is 2. The van der Waals surface area contributed by atoms with Crippen LogP contribution >= 0.6 is 0 Å². The third-order valence-corrected chi connectivity index (χ3v) is 8.46. The maximum absolute atomic E-state index is 15.1. The summed E-state index contributed by atoms with van der Waals surface area (Å²) in [4.78, 5) is 29.6. The molecule has 0 saturated carbocycles. The van der Waals surface area contributed by atoms with Crippen LogP contribution in [-0.4, -0.2) is 77.4 Å². The number of ether oxygens (including phenoxy) is 1. The van der Waals surface area contributed by atoms with Gasteiger partial charge in [0.15, 0.2) is 0 Å². The van der Waals surface area contributed by atoms with Crippen molar-refractivity contribution in [3.63, 3.8) is 0 Å². The minimum atomic E-state index is -1.11. The number of benzene rings is 2. The average molecular weight is 551 g/mol. The Morgan fingerprint density at radius 2 is 1.90 bits per heavy atom. The van der Waals surface area contributed by atoms with Crippen LogP contribution in [0.4, 0.5) is 9.18 Å². The van der Waals surface area contributed by atoms with Crippen LogP contribution in [0.3, 0.4) is 0 Å². The minimum Gasteiger partial charge on any atom is -0.465 e. The van der Waals surface area contributed by atoms with Gasteiger partial charge in [-0.1, -0.05) is 42.5 Å². The highest BCUT2D eigenvalue weighted by atomic mass is 19.1. The second-order valence-corrected chi connectivity index (χ2v) is 11.1. The summed E-state index contributed by atoms with van der Waals surface area (Å²) in [6, 6.07) is 14.8. The Labute approximate surface area is 234 Å².